The summed E-state index contributed by atoms with van der Waals surface area (Å²) in [6, 6.07) is 15.4. The van der Waals surface area contributed by atoms with Crippen LogP contribution in [0.4, 0.5) is 5.82 Å². The molecule has 0 bridgehead atoms. The monoisotopic (exact) mass is 769 g/mol. The standard InChI is InChI=1S/C42H55N7O7/c1-27(2)32(40(53)48-35(24-50)42(55)49(3)38-18-9-10-19-44-38)22-36(51)33(20-28-12-5-4-6-13-28)47-41(54)34(21-30-23-43-26-45-30)46-39(52)25-56-37-17-11-15-29-14-7-8-16-31(29)37/h7-11,14-19,23,26-28,32-36,50-51H,4-6,12-13,20-22,24-25H2,1-3H3,(H,43,45)(H,46,52)(H,47,54)(H,48,53)/t32-,33-,34-,35-,36-/m0/s1. The van der Waals surface area contributed by atoms with E-state index in [1.54, 1.807) is 36.7 Å². The van der Waals surface area contributed by atoms with Gasteiger partial charge in [-0.3, -0.25) is 24.1 Å². The van der Waals surface area contributed by atoms with Crippen molar-refractivity contribution >= 4 is 40.2 Å². The SMILES string of the molecule is CC(C)[C@H](C[C@H](O)[C@H](CC1CCCCC1)NC(=O)[C@H](Cc1cnc[nH]1)NC(=O)COc1cccc2ccccc12)C(=O)N[C@@H](CO)C(=O)N(C)c1ccccn1. The second-order valence-corrected chi connectivity index (χ2v) is 15.0. The highest BCUT2D eigenvalue weighted by Crippen LogP contribution is 2.30. The normalized spacial score (nSPS) is 16.0. The van der Waals surface area contributed by atoms with Crippen LogP contribution in [-0.2, 0) is 25.6 Å². The van der Waals surface area contributed by atoms with E-state index in [1.807, 2.05) is 50.2 Å². The van der Waals surface area contributed by atoms with E-state index in [9.17, 15) is 29.4 Å². The Morgan fingerprint density at radius 1 is 0.929 bits per heavy atom. The van der Waals surface area contributed by atoms with Gasteiger partial charge < -0.3 is 35.9 Å². The van der Waals surface area contributed by atoms with Crippen molar-refractivity contribution in [1.82, 2.24) is 30.9 Å². The van der Waals surface area contributed by atoms with E-state index in [-0.39, 0.29) is 31.3 Å². The molecule has 0 saturated heterocycles. The Labute approximate surface area is 327 Å². The number of hydrogen-bond acceptors (Lipinski definition) is 9. The zero-order valence-corrected chi connectivity index (χ0v) is 32.4. The maximum Gasteiger partial charge on any atom is 0.258 e. The number of anilines is 1. The summed E-state index contributed by atoms with van der Waals surface area (Å²) in [5, 5.41) is 32.4. The number of aromatic amines is 1. The molecular formula is C42H55N7O7. The molecule has 300 valence electrons. The van der Waals surface area contributed by atoms with E-state index in [1.165, 1.54) is 18.3 Å². The van der Waals surface area contributed by atoms with E-state index in [0.717, 1.165) is 42.9 Å². The third-order valence-corrected chi connectivity index (χ3v) is 10.6. The van der Waals surface area contributed by atoms with Crippen LogP contribution in [0.2, 0.25) is 0 Å². The summed E-state index contributed by atoms with van der Waals surface area (Å²) in [5.74, 6) is -1.89. The number of carbonyl (C=O) groups excluding carboxylic acids is 4. The van der Waals surface area contributed by atoms with E-state index in [4.69, 9.17) is 4.74 Å². The lowest BCUT2D eigenvalue weighted by atomic mass is 9.81. The van der Waals surface area contributed by atoms with E-state index in [0.29, 0.717) is 23.7 Å². The van der Waals surface area contributed by atoms with Gasteiger partial charge in [-0.25, -0.2) is 9.97 Å². The number of imidazole rings is 1. The summed E-state index contributed by atoms with van der Waals surface area (Å²) in [7, 11) is 1.52. The topological polar surface area (TPSA) is 199 Å². The Hall–Kier alpha value is -5.34. The number of nitrogens with zero attached hydrogens (tertiary/aromatic N) is 3. The minimum Gasteiger partial charge on any atom is -0.483 e. The maximum atomic E-state index is 14.1. The smallest absolute Gasteiger partial charge is 0.258 e. The summed E-state index contributed by atoms with van der Waals surface area (Å²) >= 11 is 0. The van der Waals surface area contributed by atoms with Gasteiger partial charge in [-0.2, -0.15) is 0 Å². The van der Waals surface area contributed by atoms with Crippen LogP contribution in [0, 0.1) is 17.8 Å². The van der Waals surface area contributed by atoms with Crippen LogP contribution >= 0.6 is 0 Å². The first-order valence-corrected chi connectivity index (χ1v) is 19.5. The molecule has 1 aliphatic rings. The Morgan fingerprint density at radius 3 is 2.38 bits per heavy atom. The van der Waals surface area contributed by atoms with Crippen molar-refractivity contribution in [3.63, 3.8) is 0 Å². The van der Waals surface area contributed by atoms with Crippen molar-refractivity contribution in [2.75, 3.05) is 25.2 Å². The van der Waals surface area contributed by atoms with Crippen LogP contribution in [0.3, 0.4) is 0 Å². The number of pyridine rings is 1. The molecule has 4 aromatic rings. The number of aliphatic hydroxyl groups excluding tert-OH is 2. The Morgan fingerprint density at radius 2 is 1.68 bits per heavy atom. The highest BCUT2D eigenvalue weighted by atomic mass is 16.5. The predicted molar refractivity (Wildman–Crippen MR) is 212 cm³/mol. The number of likely N-dealkylation sites (N-methyl/N-ethyl adjacent to an activating group) is 1. The van der Waals surface area contributed by atoms with Crippen molar-refractivity contribution in [2.45, 2.75) is 89.4 Å². The largest absolute Gasteiger partial charge is 0.483 e. The second-order valence-electron chi connectivity index (χ2n) is 15.0. The summed E-state index contributed by atoms with van der Waals surface area (Å²) < 4.78 is 5.91. The molecule has 2 heterocycles. The van der Waals surface area contributed by atoms with Gasteiger partial charge in [0.2, 0.25) is 11.8 Å². The van der Waals surface area contributed by atoms with Gasteiger partial charge in [-0.05, 0) is 48.3 Å². The van der Waals surface area contributed by atoms with Gasteiger partial charge >= 0.3 is 0 Å². The number of rotatable bonds is 19. The first-order chi connectivity index (χ1) is 27.0. The molecule has 2 aromatic carbocycles. The molecule has 0 unspecified atom stereocenters. The number of hydrogen-bond donors (Lipinski definition) is 6. The summed E-state index contributed by atoms with van der Waals surface area (Å²) in [6.07, 6.45) is 9.20. The molecule has 2 aromatic heterocycles. The van der Waals surface area contributed by atoms with E-state index in [2.05, 4.69) is 30.9 Å². The molecule has 1 aliphatic carbocycles. The highest BCUT2D eigenvalue weighted by molar-refractivity contribution is 5.98. The third-order valence-electron chi connectivity index (χ3n) is 10.6. The quantitative estimate of drug-likeness (QED) is 0.0824. The third kappa shape index (κ3) is 11.6. The van der Waals surface area contributed by atoms with Gasteiger partial charge in [0.15, 0.2) is 6.61 Å². The van der Waals surface area contributed by atoms with Gasteiger partial charge in [-0.15, -0.1) is 0 Å². The van der Waals surface area contributed by atoms with E-state index < -0.39 is 60.4 Å². The molecule has 1 saturated carbocycles. The summed E-state index contributed by atoms with van der Waals surface area (Å²) in [5.41, 5.74) is 0.628. The van der Waals surface area contributed by atoms with Gasteiger partial charge in [0, 0.05) is 42.9 Å². The van der Waals surface area contributed by atoms with Gasteiger partial charge in [0.1, 0.15) is 23.7 Å². The second kappa shape index (κ2) is 20.5. The minimum absolute atomic E-state index is 0.0139. The van der Waals surface area contributed by atoms with Crippen molar-refractivity contribution in [2.24, 2.45) is 17.8 Å². The molecule has 0 aliphatic heterocycles. The number of H-pyrrole nitrogens is 1. The fourth-order valence-corrected chi connectivity index (χ4v) is 7.37. The number of aromatic nitrogens is 3. The zero-order chi connectivity index (χ0) is 40.0. The van der Waals surface area contributed by atoms with Crippen molar-refractivity contribution in [1.29, 1.82) is 0 Å². The van der Waals surface area contributed by atoms with Crippen LogP contribution in [0.25, 0.3) is 10.8 Å². The van der Waals surface area contributed by atoms with Crippen molar-refractivity contribution < 1.29 is 34.1 Å². The van der Waals surface area contributed by atoms with Gasteiger partial charge in [0.05, 0.1) is 25.1 Å². The fourth-order valence-electron chi connectivity index (χ4n) is 7.37. The van der Waals surface area contributed by atoms with Crippen LogP contribution in [-0.4, -0.2) is 93.3 Å². The minimum atomic E-state index is -1.23. The number of benzene rings is 2. The van der Waals surface area contributed by atoms with Crippen LogP contribution in [0.15, 0.2) is 79.4 Å². The molecule has 5 rings (SSSR count). The molecule has 0 radical (unpaired) electrons. The Balaban J connectivity index is 1.29. The maximum absolute atomic E-state index is 14.1. The molecule has 0 spiro atoms. The lowest BCUT2D eigenvalue weighted by Crippen LogP contribution is -2.55. The van der Waals surface area contributed by atoms with Crippen LogP contribution < -0.4 is 25.6 Å². The fraction of sp³-hybridized carbons (Fsp3) is 0.476. The Bertz CT molecular complexity index is 1860. The van der Waals surface area contributed by atoms with E-state index >= 15 is 0 Å². The summed E-state index contributed by atoms with van der Waals surface area (Å²) in [4.78, 5) is 67.0. The van der Waals surface area contributed by atoms with Crippen molar-refractivity contribution in [3.05, 3.63) is 85.1 Å². The number of nitrogens with one attached hydrogen (secondary N) is 4. The van der Waals surface area contributed by atoms with Crippen LogP contribution in [0.5, 0.6) is 5.75 Å². The Kier molecular flexibility index (Phi) is 15.3. The zero-order valence-electron chi connectivity index (χ0n) is 32.4. The number of aliphatic hydroxyl groups is 2. The molecule has 14 heteroatoms. The van der Waals surface area contributed by atoms with Gasteiger partial charge in [0.25, 0.3) is 11.8 Å². The molecular weight excluding hydrogens is 715 g/mol. The molecule has 1 fully saturated rings. The highest BCUT2D eigenvalue weighted by Gasteiger charge is 2.35. The lowest BCUT2D eigenvalue weighted by molar-refractivity contribution is -0.133. The first kappa shape index (κ1) is 41.8. The summed E-state index contributed by atoms with van der Waals surface area (Å²) in [6.45, 7) is 2.73. The molecule has 14 nitrogen and oxygen atoms in total. The average Bonchev–Trinajstić information content (AvgIpc) is 3.73. The number of fused-ring (bicyclic) bond motifs is 1. The number of ether oxygens (including phenoxy) is 1. The average molecular weight is 770 g/mol. The molecule has 4 amide bonds. The van der Waals surface area contributed by atoms with Crippen molar-refractivity contribution in [3.8, 4) is 5.75 Å². The number of amides is 4. The molecule has 5 atom stereocenters. The predicted octanol–water partition coefficient (Wildman–Crippen LogP) is 3.68. The first-order valence-electron chi connectivity index (χ1n) is 19.5. The van der Waals surface area contributed by atoms with Crippen LogP contribution in [0.1, 0.15) is 64.5 Å². The molecule has 6 N–H and O–H groups in total. The lowest BCUT2D eigenvalue weighted by Gasteiger charge is -2.33. The number of carbonyl (C=O) groups is 4. The molecule has 56 heavy (non-hydrogen) atoms. The van der Waals surface area contributed by atoms with Gasteiger partial charge in [-0.1, -0.05) is 88.4 Å².